The highest BCUT2D eigenvalue weighted by Gasteiger charge is 2.26. The Morgan fingerprint density at radius 2 is 2.16 bits per heavy atom. The summed E-state index contributed by atoms with van der Waals surface area (Å²) in [6.07, 6.45) is 5.83. The number of sulfonamides is 1. The van der Waals surface area contributed by atoms with Crippen molar-refractivity contribution in [3.05, 3.63) is 18.5 Å². The van der Waals surface area contributed by atoms with Gasteiger partial charge in [-0.2, -0.15) is 5.10 Å². The minimum atomic E-state index is -3.28. The smallest absolute Gasteiger partial charge is 0.215 e. The van der Waals surface area contributed by atoms with Crippen LogP contribution in [0.3, 0.4) is 0 Å². The molecule has 1 aliphatic rings. The molecule has 0 bridgehead atoms. The second kappa shape index (κ2) is 6.02. The van der Waals surface area contributed by atoms with Gasteiger partial charge in [0.1, 0.15) is 0 Å². The van der Waals surface area contributed by atoms with Crippen molar-refractivity contribution >= 4 is 10.0 Å². The van der Waals surface area contributed by atoms with Crippen LogP contribution in [0.25, 0.3) is 0 Å². The first-order valence-electron chi connectivity index (χ1n) is 6.69. The Morgan fingerprint density at radius 1 is 1.42 bits per heavy atom. The molecule has 6 nitrogen and oxygen atoms in total. The summed E-state index contributed by atoms with van der Waals surface area (Å²) in [5.41, 5.74) is 0. The molecule has 2 unspecified atom stereocenters. The largest absolute Gasteiger partial charge is 0.313 e. The lowest BCUT2D eigenvalue weighted by atomic mass is 10.4. The average molecular weight is 286 g/mol. The van der Waals surface area contributed by atoms with E-state index in [-0.39, 0.29) is 6.04 Å². The highest BCUT2D eigenvalue weighted by molar-refractivity contribution is 7.90. The summed E-state index contributed by atoms with van der Waals surface area (Å²) in [5.74, 6) is 0. The van der Waals surface area contributed by atoms with Gasteiger partial charge < -0.3 is 5.32 Å². The Labute approximate surface area is 114 Å². The van der Waals surface area contributed by atoms with Crippen molar-refractivity contribution in [1.29, 1.82) is 0 Å². The number of aromatic nitrogens is 2. The van der Waals surface area contributed by atoms with Crippen LogP contribution >= 0.6 is 0 Å². The molecule has 108 valence electrons. The van der Waals surface area contributed by atoms with Crippen LogP contribution in [0.5, 0.6) is 0 Å². The molecule has 1 aliphatic carbocycles. The Bertz CT molecular complexity index is 482. The summed E-state index contributed by atoms with van der Waals surface area (Å²) < 4.78 is 28.7. The van der Waals surface area contributed by atoms with Gasteiger partial charge in [0, 0.05) is 31.0 Å². The molecule has 0 saturated heterocycles. The van der Waals surface area contributed by atoms with Crippen molar-refractivity contribution in [3.8, 4) is 0 Å². The fraction of sp³-hybridized carbons (Fsp3) is 0.750. The summed E-state index contributed by atoms with van der Waals surface area (Å²) in [6, 6.07) is 2.18. The monoisotopic (exact) mass is 286 g/mol. The molecule has 0 radical (unpaired) electrons. The van der Waals surface area contributed by atoms with Gasteiger partial charge in [-0.25, -0.2) is 13.1 Å². The molecule has 0 aromatic carbocycles. The zero-order valence-electron chi connectivity index (χ0n) is 11.4. The van der Waals surface area contributed by atoms with E-state index < -0.39 is 15.3 Å². The fourth-order valence-electron chi connectivity index (χ4n) is 1.85. The Hall–Kier alpha value is -0.920. The van der Waals surface area contributed by atoms with E-state index in [1.165, 1.54) is 0 Å². The summed E-state index contributed by atoms with van der Waals surface area (Å²) in [6.45, 7) is 4.63. The van der Waals surface area contributed by atoms with Crippen LogP contribution in [0.2, 0.25) is 0 Å². The number of nitrogens with zero attached hydrogens (tertiary/aromatic N) is 2. The maximum atomic E-state index is 12.1. The van der Waals surface area contributed by atoms with E-state index in [1.807, 2.05) is 19.2 Å². The lowest BCUT2D eigenvalue weighted by molar-refractivity contribution is 0.487. The molecule has 1 heterocycles. The third-order valence-corrected chi connectivity index (χ3v) is 5.14. The summed E-state index contributed by atoms with van der Waals surface area (Å²) in [7, 11) is -3.28. The maximum Gasteiger partial charge on any atom is 0.215 e. The lowest BCUT2D eigenvalue weighted by Crippen LogP contribution is -2.44. The highest BCUT2D eigenvalue weighted by Crippen LogP contribution is 2.18. The van der Waals surface area contributed by atoms with Gasteiger partial charge in [0.2, 0.25) is 10.0 Å². The molecule has 7 heteroatoms. The zero-order valence-corrected chi connectivity index (χ0v) is 12.2. The minimum absolute atomic E-state index is 0.173. The van der Waals surface area contributed by atoms with Crippen molar-refractivity contribution in [2.24, 2.45) is 0 Å². The van der Waals surface area contributed by atoms with Crippen LogP contribution in [-0.2, 0) is 16.6 Å². The van der Waals surface area contributed by atoms with E-state index in [9.17, 15) is 8.42 Å². The topological polar surface area (TPSA) is 76.0 Å². The van der Waals surface area contributed by atoms with E-state index in [1.54, 1.807) is 17.8 Å². The maximum absolute atomic E-state index is 12.1. The quantitative estimate of drug-likeness (QED) is 0.722. The van der Waals surface area contributed by atoms with E-state index >= 15 is 0 Å². The van der Waals surface area contributed by atoms with Gasteiger partial charge in [-0.3, -0.25) is 4.68 Å². The fourth-order valence-corrected chi connectivity index (χ4v) is 3.04. The standard InChI is InChI=1S/C12H22N4O2S/c1-10(9-16-7-3-6-14-16)15-19(17,18)11(2)8-13-12-4-5-12/h3,6-7,10-13,15H,4-5,8-9H2,1-2H3. The Balaban J connectivity index is 1.80. The third-order valence-electron chi connectivity index (χ3n) is 3.19. The molecule has 19 heavy (non-hydrogen) atoms. The van der Waals surface area contributed by atoms with Crippen molar-refractivity contribution in [1.82, 2.24) is 19.8 Å². The first-order chi connectivity index (χ1) is 8.97. The second-order valence-corrected chi connectivity index (χ2v) is 7.42. The molecule has 2 N–H and O–H groups in total. The minimum Gasteiger partial charge on any atom is -0.313 e. The Kier molecular flexibility index (Phi) is 4.59. The number of nitrogens with one attached hydrogen (secondary N) is 2. The first-order valence-corrected chi connectivity index (χ1v) is 8.24. The highest BCUT2D eigenvalue weighted by atomic mass is 32.2. The normalized spacial score (nSPS) is 19.3. The number of hydrogen-bond donors (Lipinski definition) is 2. The molecule has 0 aliphatic heterocycles. The van der Waals surface area contributed by atoms with Gasteiger partial charge in [0.25, 0.3) is 0 Å². The third kappa shape index (κ3) is 4.59. The van der Waals surface area contributed by atoms with Crippen molar-refractivity contribution < 1.29 is 8.42 Å². The Morgan fingerprint density at radius 3 is 2.74 bits per heavy atom. The first kappa shape index (κ1) is 14.5. The molecule has 0 amide bonds. The van der Waals surface area contributed by atoms with E-state index in [0.717, 1.165) is 12.8 Å². The molecule has 1 saturated carbocycles. The van der Waals surface area contributed by atoms with Crippen LogP contribution in [0.4, 0.5) is 0 Å². The van der Waals surface area contributed by atoms with Gasteiger partial charge in [-0.1, -0.05) is 0 Å². The van der Waals surface area contributed by atoms with Gasteiger partial charge in [-0.05, 0) is 32.8 Å². The van der Waals surface area contributed by atoms with Gasteiger partial charge in [-0.15, -0.1) is 0 Å². The molecule has 0 spiro atoms. The van der Waals surface area contributed by atoms with Crippen LogP contribution in [0.1, 0.15) is 26.7 Å². The van der Waals surface area contributed by atoms with Crippen molar-refractivity contribution in [2.45, 2.75) is 50.6 Å². The van der Waals surface area contributed by atoms with E-state index in [0.29, 0.717) is 19.1 Å². The van der Waals surface area contributed by atoms with Crippen LogP contribution in [-0.4, -0.2) is 42.1 Å². The predicted molar refractivity (Wildman–Crippen MR) is 74.2 cm³/mol. The molecule has 2 atom stereocenters. The van der Waals surface area contributed by atoms with Crippen LogP contribution in [0.15, 0.2) is 18.5 Å². The van der Waals surface area contributed by atoms with Gasteiger partial charge in [0.15, 0.2) is 0 Å². The van der Waals surface area contributed by atoms with Crippen molar-refractivity contribution in [3.63, 3.8) is 0 Å². The van der Waals surface area contributed by atoms with Gasteiger partial charge in [0.05, 0.1) is 11.8 Å². The molecule has 1 aromatic rings. The van der Waals surface area contributed by atoms with E-state index in [4.69, 9.17) is 0 Å². The van der Waals surface area contributed by atoms with Crippen LogP contribution < -0.4 is 10.0 Å². The molecule has 1 fully saturated rings. The average Bonchev–Trinajstić information content (AvgIpc) is 3.02. The lowest BCUT2D eigenvalue weighted by Gasteiger charge is -2.19. The van der Waals surface area contributed by atoms with Crippen LogP contribution in [0, 0.1) is 0 Å². The van der Waals surface area contributed by atoms with Gasteiger partial charge >= 0.3 is 0 Å². The summed E-state index contributed by atoms with van der Waals surface area (Å²) >= 11 is 0. The molecular weight excluding hydrogens is 264 g/mol. The predicted octanol–water partition coefficient (Wildman–Crippen LogP) is 0.332. The summed E-state index contributed by atoms with van der Waals surface area (Å²) in [4.78, 5) is 0. The van der Waals surface area contributed by atoms with E-state index in [2.05, 4.69) is 15.1 Å². The molecular formula is C12H22N4O2S. The van der Waals surface area contributed by atoms with Crippen molar-refractivity contribution in [2.75, 3.05) is 6.54 Å². The number of hydrogen-bond acceptors (Lipinski definition) is 4. The molecule has 2 rings (SSSR count). The number of rotatable bonds is 8. The second-order valence-electron chi connectivity index (χ2n) is 5.29. The SMILES string of the molecule is CC(Cn1cccn1)NS(=O)(=O)C(C)CNC1CC1. The summed E-state index contributed by atoms with van der Waals surface area (Å²) in [5, 5.41) is 6.89. The zero-order chi connectivity index (χ0) is 13.9. The molecule has 1 aromatic heterocycles.